The Morgan fingerprint density at radius 1 is 0.633 bits per heavy atom. The number of aliphatic hydroxyl groups excluding tert-OH is 1. The van der Waals surface area contributed by atoms with Gasteiger partial charge in [-0.3, -0.25) is 18.6 Å². The lowest BCUT2D eigenvalue weighted by atomic mass is 10.0. The molecule has 10 heteroatoms. The Balaban J connectivity index is 3.63. The van der Waals surface area contributed by atoms with Crippen molar-refractivity contribution in [1.82, 2.24) is 5.32 Å². The third-order valence-electron chi connectivity index (χ3n) is 8.38. The van der Waals surface area contributed by atoms with E-state index in [9.17, 15) is 24.2 Å². The Kier molecular flexibility index (Phi) is 35.2. The number of esters is 1. The molecule has 9 nitrogen and oxygen atoms in total. The van der Waals surface area contributed by atoms with E-state index in [2.05, 4.69) is 43.5 Å². The highest BCUT2D eigenvalue weighted by atomic mass is 31.2. The molecular formula is C39H74NO8P. The largest absolute Gasteiger partial charge is 0.472 e. The van der Waals surface area contributed by atoms with Crippen LogP contribution in [0, 0.1) is 0 Å². The first-order valence-corrected chi connectivity index (χ1v) is 21.3. The van der Waals surface area contributed by atoms with Crippen LogP contribution in [0.15, 0.2) is 24.3 Å². The van der Waals surface area contributed by atoms with Gasteiger partial charge >= 0.3 is 13.8 Å². The standard InChI is InChI=1S/C39H74NO8P/c1-3-5-7-9-11-13-15-17-18-20-21-23-25-27-29-31-38(42)40-33-34-47-49(44,45)48-36-37(41)35-46-39(43)32-30-28-26-24-22-19-16-14-12-10-8-6-4-2/h11,13,17-18,37,41H,3-10,12,14-16,19-36H2,1-2H3,(H,40,42)(H,44,45)/b13-11-,18-17-. The van der Waals surface area contributed by atoms with Crippen molar-refractivity contribution in [3.63, 3.8) is 0 Å². The quantitative estimate of drug-likeness (QED) is 0.0251. The first kappa shape index (κ1) is 47.5. The van der Waals surface area contributed by atoms with Crippen LogP contribution in [0.1, 0.15) is 181 Å². The number of hydrogen-bond donors (Lipinski definition) is 3. The zero-order chi connectivity index (χ0) is 36.1. The fourth-order valence-electron chi connectivity index (χ4n) is 5.35. The molecule has 0 heterocycles. The maximum atomic E-state index is 12.1. The van der Waals surface area contributed by atoms with Gasteiger partial charge in [0.25, 0.3) is 0 Å². The molecule has 49 heavy (non-hydrogen) atoms. The zero-order valence-corrected chi connectivity index (χ0v) is 32.3. The molecule has 2 unspecified atom stereocenters. The van der Waals surface area contributed by atoms with Crippen LogP contribution < -0.4 is 5.32 Å². The van der Waals surface area contributed by atoms with Gasteiger partial charge < -0.3 is 20.1 Å². The molecule has 288 valence electrons. The summed E-state index contributed by atoms with van der Waals surface area (Å²) < 4.78 is 26.8. The lowest BCUT2D eigenvalue weighted by molar-refractivity contribution is -0.147. The van der Waals surface area contributed by atoms with Gasteiger partial charge in [0.2, 0.25) is 5.91 Å². The highest BCUT2D eigenvalue weighted by Crippen LogP contribution is 2.42. The lowest BCUT2D eigenvalue weighted by Gasteiger charge is -2.15. The number of allylic oxidation sites excluding steroid dienone is 4. The number of nitrogens with one attached hydrogen (secondary N) is 1. The summed E-state index contributed by atoms with van der Waals surface area (Å²) in [5.74, 6) is -0.528. The molecule has 0 radical (unpaired) electrons. The van der Waals surface area contributed by atoms with Crippen molar-refractivity contribution >= 4 is 19.7 Å². The maximum Gasteiger partial charge on any atom is 0.472 e. The van der Waals surface area contributed by atoms with Crippen molar-refractivity contribution in [3.05, 3.63) is 24.3 Å². The van der Waals surface area contributed by atoms with Crippen molar-refractivity contribution in [1.29, 1.82) is 0 Å². The maximum absolute atomic E-state index is 12.1. The number of phosphoric acid groups is 1. The number of phosphoric ester groups is 1. The normalized spacial score (nSPS) is 13.6. The minimum atomic E-state index is -4.41. The third kappa shape index (κ3) is 37.6. The summed E-state index contributed by atoms with van der Waals surface area (Å²) in [5.41, 5.74) is 0. The SMILES string of the molecule is CCCCC/C=C\C/C=C\CCCCCCCC(=O)NCCOP(=O)(O)OCC(O)COC(=O)CCCCCCCCCCCCCCC. The Labute approximate surface area is 300 Å². The summed E-state index contributed by atoms with van der Waals surface area (Å²) in [5, 5.41) is 12.6. The molecule has 0 aliphatic heterocycles. The lowest BCUT2D eigenvalue weighted by Crippen LogP contribution is -2.27. The summed E-state index contributed by atoms with van der Waals surface area (Å²) in [7, 11) is -4.41. The van der Waals surface area contributed by atoms with Crippen LogP contribution in [0.2, 0.25) is 0 Å². The number of carbonyl (C=O) groups excluding carboxylic acids is 2. The number of carbonyl (C=O) groups is 2. The first-order chi connectivity index (χ1) is 23.8. The number of hydrogen-bond acceptors (Lipinski definition) is 7. The number of rotatable bonds is 37. The fraction of sp³-hybridized carbons (Fsp3) is 0.846. The monoisotopic (exact) mass is 716 g/mol. The van der Waals surface area contributed by atoms with Crippen LogP contribution in [-0.2, 0) is 27.9 Å². The van der Waals surface area contributed by atoms with E-state index in [0.717, 1.165) is 64.2 Å². The van der Waals surface area contributed by atoms with E-state index in [1.54, 1.807) is 0 Å². The van der Waals surface area contributed by atoms with Crippen LogP contribution in [0.4, 0.5) is 0 Å². The number of ether oxygens (including phenoxy) is 1. The summed E-state index contributed by atoms with van der Waals surface area (Å²) in [4.78, 5) is 33.8. The molecule has 0 aromatic heterocycles. The highest BCUT2D eigenvalue weighted by Gasteiger charge is 2.23. The molecule has 0 aliphatic rings. The Hall–Kier alpha value is -1.51. The van der Waals surface area contributed by atoms with Gasteiger partial charge in [-0.2, -0.15) is 0 Å². The predicted octanol–water partition coefficient (Wildman–Crippen LogP) is 10.4. The zero-order valence-electron chi connectivity index (χ0n) is 31.4. The fourth-order valence-corrected chi connectivity index (χ4v) is 6.11. The molecule has 2 atom stereocenters. The second-order valence-corrected chi connectivity index (χ2v) is 14.7. The van der Waals surface area contributed by atoms with Crippen LogP contribution in [0.3, 0.4) is 0 Å². The number of aliphatic hydroxyl groups is 1. The van der Waals surface area contributed by atoms with Gasteiger partial charge in [-0.25, -0.2) is 4.57 Å². The summed E-state index contributed by atoms with van der Waals surface area (Å²) in [6, 6.07) is 0. The molecule has 0 rings (SSSR count). The molecule has 0 fully saturated rings. The average molecular weight is 716 g/mol. The van der Waals surface area contributed by atoms with Crippen molar-refractivity contribution < 1.29 is 37.9 Å². The van der Waals surface area contributed by atoms with Gasteiger partial charge in [0.05, 0.1) is 13.2 Å². The van der Waals surface area contributed by atoms with Crippen molar-refractivity contribution in [3.8, 4) is 0 Å². The van der Waals surface area contributed by atoms with Gasteiger partial charge in [-0.1, -0.05) is 147 Å². The van der Waals surface area contributed by atoms with E-state index < -0.39 is 26.5 Å². The van der Waals surface area contributed by atoms with E-state index in [-0.39, 0.29) is 32.1 Å². The first-order valence-electron chi connectivity index (χ1n) is 19.8. The van der Waals surface area contributed by atoms with E-state index in [1.165, 1.54) is 89.9 Å². The molecule has 0 aliphatic carbocycles. The minimum Gasteiger partial charge on any atom is -0.463 e. The Morgan fingerprint density at radius 2 is 1.10 bits per heavy atom. The topological polar surface area (TPSA) is 131 Å². The predicted molar refractivity (Wildman–Crippen MR) is 201 cm³/mol. The Morgan fingerprint density at radius 3 is 1.67 bits per heavy atom. The summed E-state index contributed by atoms with van der Waals surface area (Å²) in [6.45, 7) is 3.51. The van der Waals surface area contributed by atoms with E-state index in [1.807, 2.05) is 0 Å². The van der Waals surface area contributed by atoms with E-state index >= 15 is 0 Å². The van der Waals surface area contributed by atoms with Gasteiger partial charge in [-0.05, 0) is 44.9 Å². The second-order valence-electron chi connectivity index (χ2n) is 13.3. The van der Waals surface area contributed by atoms with Gasteiger partial charge in [0, 0.05) is 19.4 Å². The van der Waals surface area contributed by atoms with Crippen molar-refractivity contribution in [2.24, 2.45) is 0 Å². The smallest absolute Gasteiger partial charge is 0.463 e. The summed E-state index contributed by atoms with van der Waals surface area (Å²) >= 11 is 0. The van der Waals surface area contributed by atoms with Crippen molar-refractivity contribution in [2.45, 2.75) is 187 Å². The minimum absolute atomic E-state index is 0.0758. The van der Waals surface area contributed by atoms with Gasteiger partial charge in [-0.15, -0.1) is 0 Å². The average Bonchev–Trinajstić information content (AvgIpc) is 3.08. The highest BCUT2D eigenvalue weighted by molar-refractivity contribution is 7.47. The second kappa shape index (κ2) is 36.3. The molecule has 1 amide bonds. The van der Waals surface area contributed by atoms with Crippen LogP contribution in [0.25, 0.3) is 0 Å². The number of unbranched alkanes of at least 4 members (excludes halogenated alkanes) is 20. The van der Waals surface area contributed by atoms with E-state index in [0.29, 0.717) is 6.42 Å². The van der Waals surface area contributed by atoms with Gasteiger partial charge in [0.15, 0.2) is 0 Å². The number of amides is 1. The molecular weight excluding hydrogens is 641 g/mol. The third-order valence-corrected chi connectivity index (χ3v) is 9.37. The van der Waals surface area contributed by atoms with Crippen molar-refractivity contribution in [2.75, 3.05) is 26.4 Å². The van der Waals surface area contributed by atoms with Gasteiger partial charge in [0.1, 0.15) is 12.7 Å². The molecule has 0 spiro atoms. The van der Waals surface area contributed by atoms with Crippen LogP contribution >= 0.6 is 7.82 Å². The van der Waals surface area contributed by atoms with E-state index in [4.69, 9.17) is 13.8 Å². The molecule has 0 aromatic carbocycles. The molecule has 0 bridgehead atoms. The molecule has 0 saturated heterocycles. The van der Waals surface area contributed by atoms with Crippen LogP contribution in [-0.4, -0.2) is 54.3 Å². The van der Waals surface area contributed by atoms with Crippen LogP contribution in [0.5, 0.6) is 0 Å². The molecule has 0 saturated carbocycles. The molecule has 3 N–H and O–H groups in total. The Bertz CT molecular complexity index is 866. The molecule has 0 aromatic rings. The summed E-state index contributed by atoms with van der Waals surface area (Å²) in [6.07, 6.45) is 36.7.